The summed E-state index contributed by atoms with van der Waals surface area (Å²) in [6, 6.07) is 0. The molecule has 0 fully saturated rings. The Morgan fingerprint density at radius 2 is 0.571 bits per heavy atom. The summed E-state index contributed by atoms with van der Waals surface area (Å²) in [6.07, 6.45) is 0. The predicted octanol–water partition coefficient (Wildman–Crippen LogP) is -14.8. The van der Waals surface area contributed by atoms with Gasteiger partial charge in [0.05, 0.1) is 0 Å². The normalized spacial score (nSPS) is 0. The van der Waals surface area contributed by atoms with E-state index in [9.17, 15) is 0 Å². The largest absolute Gasteiger partial charge is 3.00 e. The maximum absolute atomic E-state index is 0. The molecule has 0 aliphatic heterocycles. The van der Waals surface area contributed by atoms with E-state index in [0.717, 1.165) is 0 Å². The second-order valence-electron chi connectivity index (χ2n) is 0. The van der Waals surface area contributed by atoms with Crippen molar-refractivity contribution in [1.82, 2.24) is 0 Å². The van der Waals surface area contributed by atoms with E-state index in [-0.39, 0.29) is 108 Å². The van der Waals surface area contributed by atoms with Gasteiger partial charge in [0, 0.05) is 0 Å². The van der Waals surface area contributed by atoms with E-state index in [0.29, 0.717) is 0 Å². The second-order valence-corrected chi connectivity index (χ2v) is 0. The summed E-state index contributed by atoms with van der Waals surface area (Å²) in [4.78, 5) is 0. The first-order chi connectivity index (χ1) is 0. The molecule has 0 aromatic heterocycles. The molecule has 0 aliphatic carbocycles. The van der Waals surface area contributed by atoms with Crippen molar-refractivity contribution in [2.45, 2.75) is 0 Å². The van der Waals surface area contributed by atoms with E-state index in [4.69, 9.17) is 0 Å². The summed E-state index contributed by atoms with van der Waals surface area (Å²) < 4.78 is 0. The zero-order valence-corrected chi connectivity index (χ0v) is 9.46. The van der Waals surface area contributed by atoms with Crippen molar-refractivity contribution >= 4 is 0 Å². The Bertz CT molecular complexity index is 8.04. The Balaban J connectivity index is 0. The van der Waals surface area contributed by atoms with Crippen molar-refractivity contribution in [1.29, 1.82) is 0 Å². The van der Waals surface area contributed by atoms with Gasteiger partial charge < -0.3 is 18.8 Å². The smallest absolute Gasteiger partial charge is 1.00 e. The van der Waals surface area contributed by atoms with E-state index in [1.807, 2.05) is 0 Å². The fraction of sp³-hybridized carbons (Fsp3) is 0. The monoisotopic (exact) mass is 224 g/mol. The van der Waals surface area contributed by atoms with Crippen LogP contribution in [0, 0.1) is 0 Å². The van der Waals surface area contributed by atoms with Gasteiger partial charge in [-0.1, -0.05) is 0 Å². The van der Waals surface area contributed by atoms with Crippen LogP contribution in [0.3, 0.4) is 0 Å². The Kier molecular flexibility index (Phi) is 1330. The Hall–Kier alpha value is 2.39. The fourth-order valence-corrected chi connectivity index (χ4v) is 0. The summed E-state index contributed by atoms with van der Waals surface area (Å²) in [6.45, 7) is 0. The topological polar surface area (TPSA) is 0 Å². The SMILES string of the molecule is F.[F-].[F-].[F-].[F-].[K+].[Y+3]. The third kappa shape index (κ3) is 60.0. The molecule has 0 rings (SSSR count). The predicted molar refractivity (Wildman–Crippen MR) is 2.50 cm³/mol. The van der Waals surface area contributed by atoms with Crippen LogP contribution in [0.1, 0.15) is 0 Å². The molecule has 0 aromatic rings. The van der Waals surface area contributed by atoms with Crippen LogP contribution in [0.25, 0.3) is 0 Å². The van der Waals surface area contributed by atoms with E-state index < -0.39 is 0 Å². The fourth-order valence-electron chi connectivity index (χ4n) is 0. The third-order valence-corrected chi connectivity index (χ3v) is 0. The number of rotatable bonds is 0. The molecule has 0 heterocycles. The zero-order chi connectivity index (χ0) is 0. The average molecular weight is 224 g/mol. The molecule has 0 saturated heterocycles. The van der Waals surface area contributed by atoms with Crippen molar-refractivity contribution in [2.75, 3.05) is 0 Å². The second kappa shape index (κ2) is 80.2. The van der Waals surface area contributed by atoms with E-state index in [1.54, 1.807) is 0 Å². The molecule has 0 nitrogen and oxygen atoms in total. The minimum absolute atomic E-state index is 0. The first-order valence-electron chi connectivity index (χ1n) is 0. The van der Waals surface area contributed by atoms with Crippen molar-refractivity contribution in [3.63, 3.8) is 0 Å². The van der Waals surface area contributed by atoms with Gasteiger partial charge in [-0.3, -0.25) is 4.70 Å². The average Bonchev–Trinajstić information content (AvgIpc) is 0. The van der Waals surface area contributed by atoms with Crippen LogP contribution in [0.5, 0.6) is 0 Å². The maximum Gasteiger partial charge on any atom is 3.00 e. The third-order valence-electron chi connectivity index (χ3n) is 0. The standard InChI is InChI=1S/5FH.K.Y/h5*1H;;/q;;;;;+1;+3/p-4. The molecule has 40 valence electrons. The first-order valence-corrected chi connectivity index (χ1v) is 0. The van der Waals surface area contributed by atoms with Crippen LogP contribution in [0.2, 0.25) is 0 Å². The van der Waals surface area contributed by atoms with Gasteiger partial charge in [-0.25, -0.2) is 0 Å². The van der Waals surface area contributed by atoms with Crippen LogP contribution in [0.4, 0.5) is 4.70 Å². The summed E-state index contributed by atoms with van der Waals surface area (Å²) in [5.41, 5.74) is 0. The van der Waals surface area contributed by atoms with Gasteiger partial charge in [-0.15, -0.1) is 0 Å². The van der Waals surface area contributed by atoms with Crippen LogP contribution >= 0.6 is 0 Å². The van der Waals surface area contributed by atoms with Crippen LogP contribution in [-0.4, -0.2) is 0 Å². The van der Waals surface area contributed by atoms with Crippen molar-refractivity contribution in [2.24, 2.45) is 0 Å². The van der Waals surface area contributed by atoms with Gasteiger partial charge >= 0.3 is 84.1 Å². The minimum Gasteiger partial charge on any atom is -1.00 e. The zero-order valence-electron chi connectivity index (χ0n) is 3.50. The molecule has 0 N–H and O–H groups in total. The van der Waals surface area contributed by atoms with Gasteiger partial charge in [0.25, 0.3) is 0 Å². The van der Waals surface area contributed by atoms with E-state index in [1.165, 1.54) is 0 Å². The Morgan fingerprint density at radius 3 is 0.571 bits per heavy atom. The molecule has 0 radical (unpaired) electrons. The number of hydrogen-bond donors (Lipinski definition) is 0. The number of hydrogen-bond acceptors (Lipinski definition) is 0. The molecule has 0 unspecified atom stereocenters. The maximum atomic E-state index is 0. The molecule has 0 saturated carbocycles. The minimum atomic E-state index is 0. The summed E-state index contributed by atoms with van der Waals surface area (Å²) in [5.74, 6) is 0. The molecular formula is HF5KY. The molecular weight excluding hydrogens is 223 g/mol. The molecule has 0 bridgehead atoms. The van der Waals surface area contributed by atoms with Crippen LogP contribution < -0.4 is 70.2 Å². The Labute approximate surface area is 105 Å². The first kappa shape index (κ1) is 116. The quantitative estimate of drug-likeness (QED) is 0.283. The van der Waals surface area contributed by atoms with Gasteiger partial charge in [-0.2, -0.15) is 0 Å². The molecule has 0 aromatic carbocycles. The summed E-state index contributed by atoms with van der Waals surface area (Å²) in [5, 5.41) is 0. The molecule has 0 amide bonds. The van der Waals surface area contributed by atoms with Crippen molar-refractivity contribution in [3.8, 4) is 0 Å². The molecule has 0 atom stereocenters. The van der Waals surface area contributed by atoms with E-state index >= 15 is 0 Å². The van der Waals surface area contributed by atoms with Gasteiger partial charge in [0.15, 0.2) is 0 Å². The molecule has 0 spiro atoms. The van der Waals surface area contributed by atoms with Crippen LogP contribution in [0.15, 0.2) is 0 Å². The van der Waals surface area contributed by atoms with E-state index in [2.05, 4.69) is 0 Å². The molecule has 7 heteroatoms. The summed E-state index contributed by atoms with van der Waals surface area (Å²) >= 11 is 0. The van der Waals surface area contributed by atoms with Gasteiger partial charge in [0.2, 0.25) is 0 Å². The Morgan fingerprint density at radius 1 is 0.571 bits per heavy atom. The molecule has 0 aliphatic rings. The van der Waals surface area contributed by atoms with Crippen molar-refractivity contribution in [3.05, 3.63) is 0 Å². The van der Waals surface area contributed by atoms with Gasteiger partial charge in [-0.05, 0) is 0 Å². The number of halogens is 5. The van der Waals surface area contributed by atoms with Crippen LogP contribution in [-0.2, 0) is 32.7 Å². The van der Waals surface area contributed by atoms with Crippen molar-refractivity contribution < 1.29 is 108 Å². The molecule has 7 heavy (non-hydrogen) atoms. The van der Waals surface area contributed by atoms with Gasteiger partial charge in [0.1, 0.15) is 0 Å². The summed E-state index contributed by atoms with van der Waals surface area (Å²) in [7, 11) is 0.